The van der Waals surface area contributed by atoms with E-state index in [2.05, 4.69) is 6.07 Å². The summed E-state index contributed by atoms with van der Waals surface area (Å²) < 4.78 is 5.60. The third kappa shape index (κ3) is 3.38. The minimum atomic E-state index is -0.182. The molecular weight excluding hydrogens is 345 g/mol. The summed E-state index contributed by atoms with van der Waals surface area (Å²) in [5.74, 6) is 0.894. The van der Waals surface area contributed by atoms with Gasteiger partial charge in [0, 0.05) is 23.5 Å². The van der Waals surface area contributed by atoms with Crippen molar-refractivity contribution in [2.75, 3.05) is 13.2 Å². The molecule has 0 saturated carbocycles. The fraction of sp³-hybridized carbons (Fsp3) is 0.316. The fourth-order valence-corrected chi connectivity index (χ4v) is 3.83. The van der Waals surface area contributed by atoms with Crippen LogP contribution in [0.25, 0.3) is 0 Å². The Morgan fingerprint density at radius 2 is 1.92 bits per heavy atom. The number of benzene rings is 2. The number of rotatable bonds is 3. The van der Waals surface area contributed by atoms with E-state index in [1.807, 2.05) is 36.1 Å². The predicted octanol–water partition coefficient (Wildman–Crippen LogP) is 4.89. The van der Waals surface area contributed by atoms with Crippen molar-refractivity contribution < 1.29 is 9.53 Å². The number of carbonyl (C=O) groups is 1. The van der Waals surface area contributed by atoms with E-state index in [-0.39, 0.29) is 11.9 Å². The van der Waals surface area contributed by atoms with Gasteiger partial charge in [0.25, 0.3) is 0 Å². The standard InChI is InChI=1S/C19H19Cl2NO2/c1-3-24-17-4-5-18-13(10-17)6-7-22(12(2)23)19(18)14-8-15(20)11-16(21)9-14/h4-5,8-11,19H,3,6-7H2,1-2H3. The Labute approximate surface area is 152 Å². The molecule has 0 spiro atoms. The van der Waals surface area contributed by atoms with Crippen LogP contribution in [0.4, 0.5) is 0 Å². The molecule has 5 heteroatoms. The highest BCUT2D eigenvalue weighted by Crippen LogP contribution is 2.38. The van der Waals surface area contributed by atoms with Crippen molar-refractivity contribution in [1.29, 1.82) is 0 Å². The van der Waals surface area contributed by atoms with Crippen molar-refractivity contribution in [3.63, 3.8) is 0 Å². The summed E-state index contributed by atoms with van der Waals surface area (Å²) in [5, 5.41) is 1.14. The molecule has 0 aliphatic carbocycles. The van der Waals surface area contributed by atoms with Crippen molar-refractivity contribution in [2.45, 2.75) is 26.3 Å². The van der Waals surface area contributed by atoms with Crippen LogP contribution < -0.4 is 4.74 Å². The lowest BCUT2D eigenvalue weighted by atomic mass is 9.88. The number of hydrogen-bond acceptors (Lipinski definition) is 2. The Bertz CT molecular complexity index is 756. The topological polar surface area (TPSA) is 29.5 Å². The van der Waals surface area contributed by atoms with E-state index in [4.69, 9.17) is 27.9 Å². The van der Waals surface area contributed by atoms with Gasteiger partial charge in [-0.2, -0.15) is 0 Å². The van der Waals surface area contributed by atoms with Crippen LogP contribution in [0.3, 0.4) is 0 Å². The number of nitrogens with zero attached hydrogens (tertiary/aromatic N) is 1. The summed E-state index contributed by atoms with van der Waals surface area (Å²) in [4.78, 5) is 14.0. The first-order chi connectivity index (χ1) is 11.5. The van der Waals surface area contributed by atoms with Gasteiger partial charge in [-0.15, -0.1) is 0 Å². The number of ether oxygens (including phenoxy) is 1. The number of amides is 1. The first-order valence-electron chi connectivity index (χ1n) is 7.98. The lowest BCUT2D eigenvalue weighted by molar-refractivity contribution is -0.130. The maximum Gasteiger partial charge on any atom is 0.220 e. The summed E-state index contributed by atoms with van der Waals surface area (Å²) in [7, 11) is 0. The highest BCUT2D eigenvalue weighted by atomic mass is 35.5. The smallest absolute Gasteiger partial charge is 0.220 e. The van der Waals surface area contributed by atoms with Crippen LogP contribution in [0.2, 0.25) is 10.0 Å². The van der Waals surface area contributed by atoms with Crippen LogP contribution in [0, 0.1) is 0 Å². The van der Waals surface area contributed by atoms with Crippen molar-refractivity contribution in [2.24, 2.45) is 0 Å². The number of fused-ring (bicyclic) bond motifs is 1. The highest BCUT2D eigenvalue weighted by Gasteiger charge is 2.31. The number of hydrogen-bond donors (Lipinski definition) is 0. The second-order valence-corrected chi connectivity index (χ2v) is 6.73. The van der Waals surface area contributed by atoms with Gasteiger partial charge < -0.3 is 9.64 Å². The molecule has 2 aromatic rings. The zero-order valence-electron chi connectivity index (χ0n) is 13.7. The molecule has 0 fully saturated rings. The summed E-state index contributed by atoms with van der Waals surface area (Å²) >= 11 is 12.4. The number of halogens is 2. The van der Waals surface area contributed by atoms with Gasteiger partial charge in [0.05, 0.1) is 12.6 Å². The monoisotopic (exact) mass is 363 g/mol. The van der Waals surface area contributed by atoms with E-state index < -0.39 is 0 Å². The van der Waals surface area contributed by atoms with E-state index in [0.29, 0.717) is 23.2 Å². The average molecular weight is 364 g/mol. The van der Waals surface area contributed by atoms with E-state index >= 15 is 0 Å². The first kappa shape index (κ1) is 17.1. The molecule has 2 aromatic carbocycles. The Balaban J connectivity index is 2.11. The van der Waals surface area contributed by atoms with Gasteiger partial charge in [-0.3, -0.25) is 4.79 Å². The minimum absolute atomic E-state index is 0.0376. The lowest BCUT2D eigenvalue weighted by Crippen LogP contribution is -2.39. The largest absolute Gasteiger partial charge is 0.494 e. The van der Waals surface area contributed by atoms with E-state index in [1.54, 1.807) is 13.0 Å². The van der Waals surface area contributed by atoms with Crippen LogP contribution in [-0.4, -0.2) is 24.0 Å². The number of carbonyl (C=O) groups excluding carboxylic acids is 1. The molecule has 1 heterocycles. The maximum absolute atomic E-state index is 12.2. The molecule has 0 N–H and O–H groups in total. The van der Waals surface area contributed by atoms with E-state index in [9.17, 15) is 4.79 Å². The molecule has 1 atom stereocenters. The third-order valence-corrected chi connectivity index (χ3v) is 4.70. The summed E-state index contributed by atoms with van der Waals surface area (Å²) in [5.41, 5.74) is 3.21. The molecule has 126 valence electrons. The first-order valence-corrected chi connectivity index (χ1v) is 8.74. The Morgan fingerprint density at radius 1 is 1.21 bits per heavy atom. The zero-order valence-corrected chi connectivity index (χ0v) is 15.2. The molecule has 0 bridgehead atoms. The van der Waals surface area contributed by atoms with Gasteiger partial charge in [-0.25, -0.2) is 0 Å². The second-order valence-electron chi connectivity index (χ2n) is 5.86. The molecule has 0 aromatic heterocycles. The van der Waals surface area contributed by atoms with Gasteiger partial charge in [-0.05, 0) is 60.4 Å². The van der Waals surface area contributed by atoms with Crippen LogP contribution in [0.1, 0.15) is 36.6 Å². The highest BCUT2D eigenvalue weighted by molar-refractivity contribution is 6.34. The molecule has 0 saturated heterocycles. The second kappa shape index (κ2) is 7.04. The van der Waals surface area contributed by atoms with Crippen LogP contribution in [0.15, 0.2) is 36.4 Å². The summed E-state index contributed by atoms with van der Waals surface area (Å²) in [6, 6.07) is 11.3. The van der Waals surface area contributed by atoms with Crippen LogP contribution in [-0.2, 0) is 11.2 Å². The van der Waals surface area contributed by atoms with Gasteiger partial charge in [0.2, 0.25) is 5.91 Å². The van der Waals surface area contributed by atoms with Crippen LogP contribution in [0.5, 0.6) is 5.75 Å². The molecule has 3 nitrogen and oxygen atoms in total. The summed E-state index contributed by atoms with van der Waals surface area (Å²) in [6.07, 6.45) is 0.806. The molecule has 1 aliphatic rings. The molecule has 1 unspecified atom stereocenters. The van der Waals surface area contributed by atoms with Gasteiger partial charge in [-0.1, -0.05) is 29.3 Å². The van der Waals surface area contributed by atoms with Crippen LogP contribution >= 0.6 is 23.2 Å². The van der Waals surface area contributed by atoms with Gasteiger partial charge in [0.1, 0.15) is 5.75 Å². The lowest BCUT2D eigenvalue weighted by Gasteiger charge is -2.37. The third-order valence-electron chi connectivity index (χ3n) is 4.26. The average Bonchev–Trinajstić information content (AvgIpc) is 2.52. The summed E-state index contributed by atoms with van der Waals surface area (Å²) in [6.45, 7) is 4.85. The minimum Gasteiger partial charge on any atom is -0.494 e. The molecular formula is C19H19Cl2NO2. The quantitative estimate of drug-likeness (QED) is 0.776. The van der Waals surface area contributed by atoms with Crippen molar-refractivity contribution in [1.82, 2.24) is 4.90 Å². The van der Waals surface area contributed by atoms with Crippen molar-refractivity contribution in [3.8, 4) is 5.75 Å². The SMILES string of the molecule is CCOc1ccc2c(c1)CCN(C(C)=O)C2c1cc(Cl)cc(Cl)c1. The molecule has 0 radical (unpaired) electrons. The molecule has 1 amide bonds. The molecule has 1 aliphatic heterocycles. The Kier molecular flexibility index (Phi) is 5.02. The fourth-order valence-electron chi connectivity index (χ4n) is 3.29. The van der Waals surface area contributed by atoms with E-state index in [0.717, 1.165) is 23.3 Å². The molecule has 24 heavy (non-hydrogen) atoms. The maximum atomic E-state index is 12.2. The predicted molar refractivity (Wildman–Crippen MR) is 97.0 cm³/mol. The molecule has 3 rings (SSSR count). The zero-order chi connectivity index (χ0) is 17.3. The van der Waals surface area contributed by atoms with Crippen molar-refractivity contribution in [3.05, 3.63) is 63.1 Å². The van der Waals surface area contributed by atoms with Crippen molar-refractivity contribution >= 4 is 29.1 Å². The Hall–Kier alpha value is -1.71. The van der Waals surface area contributed by atoms with E-state index in [1.165, 1.54) is 5.56 Å². The van der Waals surface area contributed by atoms with Gasteiger partial charge >= 0.3 is 0 Å². The Morgan fingerprint density at radius 3 is 2.54 bits per heavy atom. The normalized spacial score (nSPS) is 16.7. The van der Waals surface area contributed by atoms with Gasteiger partial charge in [0.15, 0.2) is 0 Å².